The van der Waals surface area contributed by atoms with Gasteiger partial charge in [0, 0.05) is 37.4 Å². The number of hydrogen-bond acceptors (Lipinski definition) is 4. The zero-order valence-electron chi connectivity index (χ0n) is 8.65. The van der Waals surface area contributed by atoms with Gasteiger partial charge in [0.1, 0.15) is 5.15 Å². The van der Waals surface area contributed by atoms with Gasteiger partial charge in [-0.1, -0.05) is 11.6 Å². The Labute approximate surface area is 93.9 Å². The Kier molecular flexibility index (Phi) is 3.07. The van der Waals surface area contributed by atoms with Crippen LogP contribution in [0.15, 0.2) is 6.20 Å². The molecule has 0 unspecified atom stereocenters. The smallest absolute Gasteiger partial charge is 0.226 e. The number of anilines is 1. The fourth-order valence-electron chi connectivity index (χ4n) is 1.73. The van der Waals surface area contributed by atoms with Gasteiger partial charge in [0.2, 0.25) is 5.95 Å². The highest BCUT2D eigenvalue weighted by Gasteiger charge is 2.23. The van der Waals surface area contributed by atoms with Crippen molar-refractivity contribution in [1.29, 1.82) is 0 Å². The van der Waals surface area contributed by atoms with Crippen molar-refractivity contribution < 1.29 is 5.11 Å². The molecule has 1 atom stereocenters. The maximum atomic E-state index is 9.04. The van der Waals surface area contributed by atoms with Gasteiger partial charge >= 0.3 is 0 Å². The molecule has 5 heteroatoms. The third-order valence-corrected chi connectivity index (χ3v) is 3.11. The van der Waals surface area contributed by atoms with Crippen molar-refractivity contribution in [2.45, 2.75) is 13.3 Å². The van der Waals surface area contributed by atoms with E-state index in [2.05, 4.69) is 14.9 Å². The molecular formula is C10H14ClN3O. The fraction of sp³-hybridized carbons (Fsp3) is 0.600. The number of nitrogens with zero attached hydrogens (tertiary/aromatic N) is 3. The van der Waals surface area contributed by atoms with Gasteiger partial charge in [-0.2, -0.15) is 0 Å². The van der Waals surface area contributed by atoms with Crippen LogP contribution in [0.25, 0.3) is 0 Å². The summed E-state index contributed by atoms with van der Waals surface area (Å²) in [4.78, 5) is 10.5. The van der Waals surface area contributed by atoms with Gasteiger partial charge in [-0.3, -0.25) is 0 Å². The van der Waals surface area contributed by atoms with Crippen molar-refractivity contribution in [2.75, 3.05) is 24.6 Å². The summed E-state index contributed by atoms with van der Waals surface area (Å²) in [7, 11) is 0. The molecule has 0 aliphatic carbocycles. The van der Waals surface area contributed by atoms with Gasteiger partial charge < -0.3 is 10.0 Å². The lowest BCUT2D eigenvalue weighted by Crippen LogP contribution is -2.22. The lowest BCUT2D eigenvalue weighted by Gasteiger charge is -2.16. The minimum Gasteiger partial charge on any atom is -0.396 e. The molecule has 2 heterocycles. The molecule has 15 heavy (non-hydrogen) atoms. The molecule has 1 aromatic heterocycles. The summed E-state index contributed by atoms with van der Waals surface area (Å²) in [5.74, 6) is 1.01. The Bertz CT molecular complexity index is 359. The molecule has 1 aromatic rings. The highest BCUT2D eigenvalue weighted by Crippen LogP contribution is 2.22. The predicted molar refractivity (Wildman–Crippen MR) is 59.2 cm³/mol. The summed E-state index contributed by atoms with van der Waals surface area (Å²) < 4.78 is 0. The highest BCUT2D eigenvalue weighted by atomic mass is 35.5. The van der Waals surface area contributed by atoms with E-state index in [1.165, 1.54) is 0 Å². The topological polar surface area (TPSA) is 49.2 Å². The van der Waals surface area contributed by atoms with Gasteiger partial charge in [0.05, 0.1) is 0 Å². The van der Waals surface area contributed by atoms with Crippen LogP contribution in [0.5, 0.6) is 0 Å². The minimum atomic E-state index is 0.232. The second-order valence-corrected chi connectivity index (χ2v) is 4.29. The van der Waals surface area contributed by atoms with E-state index in [1.54, 1.807) is 6.20 Å². The van der Waals surface area contributed by atoms with Gasteiger partial charge in [-0.25, -0.2) is 9.97 Å². The van der Waals surface area contributed by atoms with Crippen molar-refractivity contribution in [3.8, 4) is 0 Å². The summed E-state index contributed by atoms with van der Waals surface area (Å²) in [5.41, 5.74) is 0.887. The van der Waals surface area contributed by atoms with E-state index >= 15 is 0 Å². The van der Waals surface area contributed by atoms with Gasteiger partial charge in [-0.15, -0.1) is 0 Å². The first-order valence-corrected chi connectivity index (χ1v) is 5.43. The first kappa shape index (κ1) is 10.6. The molecule has 1 aliphatic rings. The lowest BCUT2D eigenvalue weighted by atomic mass is 10.1. The van der Waals surface area contributed by atoms with Gasteiger partial charge in [0.25, 0.3) is 0 Å². The van der Waals surface area contributed by atoms with E-state index in [1.807, 2.05) is 6.92 Å². The number of aliphatic hydroxyl groups is 1. The molecular weight excluding hydrogens is 214 g/mol. The van der Waals surface area contributed by atoms with Crippen molar-refractivity contribution in [3.63, 3.8) is 0 Å². The first-order valence-electron chi connectivity index (χ1n) is 5.05. The van der Waals surface area contributed by atoms with E-state index in [0.29, 0.717) is 17.0 Å². The highest BCUT2D eigenvalue weighted by molar-refractivity contribution is 6.30. The Morgan fingerprint density at radius 1 is 1.67 bits per heavy atom. The zero-order valence-corrected chi connectivity index (χ0v) is 9.41. The zero-order chi connectivity index (χ0) is 10.8. The molecule has 1 saturated heterocycles. The number of rotatable bonds is 2. The first-order chi connectivity index (χ1) is 7.20. The van der Waals surface area contributed by atoms with Crippen LogP contribution in [-0.2, 0) is 0 Å². The predicted octanol–water partition coefficient (Wildman–Crippen LogP) is 1.26. The van der Waals surface area contributed by atoms with E-state index in [-0.39, 0.29) is 6.61 Å². The normalized spacial score (nSPS) is 21.0. The molecule has 0 aromatic carbocycles. The quantitative estimate of drug-likeness (QED) is 0.773. The average Bonchev–Trinajstić information content (AvgIpc) is 2.70. The minimum absolute atomic E-state index is 0.232. The molecule has 0 bridgehead atoms. The number of aromatic nitrogens is 2. The standard InChI is InChI=1S/C10H14ClN3O/c1-7-4-12-10(13-9(7)11)14-3-2-8(5-14)6-15/h4,8,15H,2-3,5-6H2,1H3/t8-/m1/s1. The van der Waals surface area contributed by atoms with Crippen molar-refractivity contribution in [2.24, 2.45) is 5.92 Å². The number of aliphatic hydroxyl groups excluding tert-OH is 1. The van der Waals surface area contributed by atoms with Crippen molar-refractivity contribution in [1.82, 2.24) is 9.97 Å². The average molecular weight is 228 g/mol. The van der Waals surface area contributed by atoms with Gasteiger partial charge in [0.15, 0.2) is 0 Å². The number of halogens is 1. The maximum Gasteiger partial charge on any atom is 0.226 e. The van der Waals surface area contributed by atoms with E-state index in [9.17, 15) is 0 Å². The van der Waals surface area contributed by atoms with Crippen molar-refractivity contribution >= 4 is 17.5 Å². The molecule has 0 saturated carbocycles. The van der Waals surface area contributed by atoms with E-state index in [4.69, 9.17) is 16.7 Å². The monoisotopic (exact) mass is 227 g/mol. The summed E-state index contributed by atoms with van der Waals surface area (Å²) in [6, 6.07) is 0. The molecule has 1 N–H and O–H groups in total. The Hall–Kier alpha value is -0.870. The summed E-state index contributed by atoms with van der Waals surface area (Å²) >= 11 is 5.94. The molecule has 4 nitrogen and oxygen atoms in total. The number of hydrogen-bond donors (Lipinski definition) is 1. The second-order valence-electron chi connectivity index (χ2n) is 3.93. The molecule has 0 spiro atoms. The van der Waals surface area contributed by atoms with Crippen LogP contribution < -0.4 is 4.90 Å². The third-order valence-electron chi connectivity index (χ3n) is 2.72. The molecule has 1 aliphatic heterocycles. The van der Waals surface area contributed by atoms with Crippen LogP contribution in [0.4, 0.5) is 5.95 Å². The summed E-state index contributed by atoms with van der Waals surface area (Å²) in [6.07, 6.45) is 2.72. The summed E-state index contributed by atoms with van der Waals surface area (Å²) in [5, 5.41) is 9.54. The largest absolute Gasteiger partial charge is 0.396 e. The second kappa shape index (κ2) is 4.33. The van der Waals surface area contributed by atoms with Crippen LogP contribution in [0.2, 0.25) is 5.15 Å². The lowest BCUT2D eigenvalue weighted by molar-refractivity contribution is 0.238. The van der Waals surface area contributed by atoms with E-state index in [0.717, 1.165) is 25.1 Å². The number of aryl methyl sites for hydroxylation is 1. The Morgan fingerprint density at radius 3 is 3.07 bits per heavy atom. The molecule has 2 rings (SSSR count). The fourth-order valence-corrected chi connectivity index (χ4v) is 1.85. The molecule has 1 fully saturated rings. The maximum absolute atomic E-state index is 9.04. The summed E-state index contributed by atoms with van der Waals surface area (Å²) in [6.45, 7) is 3.82. The van der Waals surface area contributed by atoms with Gasteiger partial charge in [-0.05, 0) is 13.3 Å². The van der Waals surface area contributed by atoms with Crippen LogP contribution >= 0.6 is 11.6 Å². The van der Waals surface area contributed by atoms with Crippen LogP contribution in [0.1, 0.15) is 12.0 Å². The Balaban J connectivity index is 2.13. The molecule has 82 valence electrons. The third kappa shape index (κ3) is 2.21. The van der Waals surface area contributed by atoms with Crippen LogP contribution in [-0.4, -0.2) is 34.8 Å². The Morgan fingerprint density at radius 2 is 2.47 bits per heavy atom. The van der Waals surface area contributed by atoms with E-state index < -0.39 is 0 Å². The molecule has 0 amide bonds. The molecule has 0 radical (unpaired) electrons. The van der Waals surface area contributed by atoms with Crippen LogP contribution in [0.3, 0.4) is 0 Å². The van der Waals surface area contributed by atoms with Crippen LogP contribution in [0, 0.1) is 12.8 Å². The van der Waals surface area contributed by atoms with Crippen molar-refractivity contribution in [3.05, 3.63) is 16.9 Å². The SMILES string of the molecule is Cc1cnc(N2CC[C@@H](CO)C2)nc1Cl.